The lowest BCUT2D eigenvalue weighted by molar-refractivity contribution is -0.115. The lowest BCUT2D eigenvalue weighted by Gasteiger charge is -2.27. The predicted molar refractivity (Wildman–Crippen MR) is 66.9 cm³/mol. The minimum absolute atomic E-state index is 0.0443. The molecular formula is C13H16FN3O. The molecule has 0 aliphatic carbocycles. The molecule has 0 radical (unpaired) electrons. The maximum Gasteiger partial charge on any atom is 0.228 e. The van der Waals surface area contributed by atoms with E-state index in [2.05, 4.69) is 15.5 Å². The van der Waals surface area contributed by atoms with Crippen molar-refractivity contribution < 1.29 is 9.18 Å². The Balaban J connectivity index is 1.85. The zero-order valence-corrected chi connectivity index (χ0v) is 10.1. The number of amides is 1. The van der Waals surface area contributed by atoms with Crippen molar-refractivity contribution in [2.45, 2.75) is 13.0 Å². The molecule has 18 heavy (non-hydrogen) atoms. The van der Waals surface area contributed by atoms with Crippen LogP contribution in [0.3, 0.4) is 0 Å². The highest BCUT2D eigenvalue weighted by atomic mass is 19.1. The summed E-state index contributed by atoms with van der Waals surface area (Å²) >= 11 is 0. The Morgan fingerprint density at radius 1 is 1.28 bits per heavy atom. The van der Waals surface area contributed by atoms with Crippen molar-refractivity contribution in [1.82, 2.24) is 10.2 Å². The average molecular weight is 249 g/mol. The first-order valence-corrected chi connectivity index (χ1v) is 6.26. The Morgan fingerprint density at radius 2 is 2.06 bits per heavy atom. The first-order valence-electron chi connectivity index (χ1n) is 6.26. The van der Waals surface area contributed by atoms with Crippen molar-refractivity contribution in [3.8, 4) is 0 Å². The van der Waals surface area contributed by atoms with Gasteiger partial charge in [-0.15, -0.1) is 0 Å². The molecule has 0 aromatic heterocycles. The van der Waals surface area contributed by atoms with Gasteiger partial charge in [-0.1, -0.05) is 0 Å². The van der Waals surface area contributed by atoms with Crippen molar-refractivity contribution >= 4 is 11.6 Å². The molecule has 2 aliphatic heterocycles. The van der Waals surface area contributed by atoms with Gasteiger partial charge in [-0.3, -0.25) is 9.69 Å². The summed E-state index contributed by atoms with van der Waals surface area (Å²) in [6.45, 7) is 4.54. The monoisotopic (exact) mass is 249 g/mol. The van der Waals surface area contributed by atoms with Crippen LogP contribution in [-0.2, 0) is 17.8 Å². The molecule has 0 unspecified atom stereocenters. The van der Waals surface area contributed by atoms with Gasteiger partial charge in [0.05, 0.1) is 6.42 Å². The maximum absolute atomic E-state index is 13.5. The topological polar surface area (TPSA) is 44.4 Å². The molecule has 3 rings (SSSR count). The Kier molecular flexibility index (Phi) is 3.01. The number of nitrogens with zero attached hydrogens (tertiary/aromatic N) is 1. The normalized spacial score (nSPS) is 19.7. The van der Waals surface area contributed by atoms with Crippen molar-refractivity contribution in [2.75, 3.05) is 31.5 Å². The number of nitrogens with one attached hydrogen (secondary N) is 2. The van der Waals surface area contributed by atoms with Crippen LogP contribution in [0.1, 0.15) is 11.1 Å². The first kappa shape index (κ1) is 11.6. The van der Waals surface area contributed by atoms with E-state index in [1.54, 1.807) is 0 Å². The number of fused-ring (bicyclic) bond motifs is 1. The largest absolute Gasteiger partial charge is 0.325 e. The second-order valence-corrected chi connectivity index (χ2v) is 4.85. The number of piperazine rings is 1. The van der Waals surface area contributed by atoms with Crippen LogP contribution in [0.2, 0.25) is 0 Å². The summed E-state index contributed by atoms with van der Waals surface area (Å²) in [6, 6.07) is 2.99. The van der Waals surface area contributed by atoms with E-state index in [4.69, 9.17) is 0 Å². The molecule has 96 valence electrons. The number of benzene rings is 1. The highest BCUT2D eigenvalue weighted by molar-refractivity contribution is 6.00. The van der Waals surface area contributed by atoms with Crippen LogP contribution in [0.5, 0.6) is 0 Å². The Labute approximate surface area is 105 Å². The Hall–Kier alpha value is -1.46. The zero-order valence-electron chi connectivity index (χ0n) is 10.1. The number of anilines is 1. The SMILES string of the molecule is O=C1Cc2cc(F)cc(CN3CCNCC3)c2N1. The molecule has 2 aliphatic rings. The number of carbonyl (C=O) groups excluding carboxylic acids is 1. The van der Waals surface area contributed by atoms with Gasteiger partial charge in [-0.25, -0.2) is 4.39 Å². The summed E-state index contributed by atoms with van der Waals surface area (Å²) in [5, 5.41) is 6.12. The van der Waals surface area contributed by atoms with E-state index >= 15 is 0 Å². The number of carbonyl (C=O) groups is 1. The third-order valence-corrected chi connectivity index (χ3v) is 3.49. The fraction of sp³-hybridized carbons (Fsp3) is 0.462. The summed E-state index contributed by atoms with van der Waals surface area (Å²) in [5.74, 6) is -0.299. The van der Waals surface area contributed by atoms with Crippen molar-refractivity contribution in [1.29, 1.82) is 0 Å². The van der Waals surface area contributed by atoms with Crippen LogP contribution in [0, 0.1) is 5.82 Å². The first-order chi connectivity index (χ1) is 8.72. The highest BCUT2D eigenvalue weighted by Gasteiger charge is 2.23. The third kappa shape index (κ3) is 2.23. The quantitative estimate of drug-likeness (QED) is 0.812. The number of halogens is 1. The van der Waals surface area contributed by atoms with E-state index in [-0.39, 0.29) is 11.7 Å². The number of hydrogen-bond donors (Lipinski definition) is 2. The summed E-state index contributed by atoms with van der Waals surface area (Å²) in [7, 11) is 0. The molecule has 1 fully saturated rings. The number of hydrogen-bond acceptors (Lipinski definition) is 3. The molecule has 2 N–H and O–H groups in total. The lowest BCUT2D eigenvalue weighted by atomic mass is 10.1. The molecule has 1 aromatic carbocycles. The smallest absolute Gasteiger partial charge is 0.228 e. The summed E-state index contributed by atoms with van der Waals surface area (Å²) < 4.78 is 13.5. The van der Waals surface area contributed by atoms with Crippen LogP contribution >= 0.6 is 0 Å². The molecule has 4 nitrogen and oxygen atoms in total. The molecule has 1 amide bonds. The second kappa shape index (κ2) is 4.66. The van der Waals surface area contributed by atoms with E-state index < -0.39 is 0 Å². The second-order valence-electron chi connectivity index (χ2n) is 4.85. The summed E-state index contributed by atoms with van der Waals surface area (Å²) in [5.41, 5.74) is 2.49. The van der Waals surface area contributed by atoms with Crippen LogP contribution in [0.4, 0.5) is 10.1 Å². The minimum Gasteiger partial charge on any atom is -0.325 e. The van der Waals surface area contributed by atoms with E-state index in [0.717, 1.165) is 43.0 Å². The Morgan fingerprint density at radius 3 is 2.83 bits per heavy atom. The van der Waals surface area contributed by atoms with E-state index in [9.17, 15) is 9.18 Å². The van der Waals surface area contributed by atoms with Gasteiger partial charge in [-0.2, -0.15) is 0 Å². The molecule has 1 saturated heterocycles. The van der Waals surface area contributed by atoms with E-state index in [0.29, 0.717) is 13.0 Å². The lowest BCUT2D eigenvalue weighted by Crippen LogP contribution is -2.43. The van der Waals surface area contributed by atoms with Gasteiger partial charge in [0.2, 0.25) is 5.91 Å². The average Bonchev–Trinajstić information content (AvgIpc) is 2.71. The summed E-state index contributed by atoms with van der Waals surface area (Å²) in [6.07, 6.45) is 0.293. The molecule has 2 heterocycles. The molecule has 0 bridgehead atoms. The van der Waals surface area contributed by atoms with Gasteiger partial charge in [0.1, 0.15) is 5.82 Å². The van der Waals surface area contributed by atoms with Gasteiger partial charge >= 0.3 is 0 Å². The fourth-order valence-electron chi connectivity index (χ4n) is 2.62. The maximum atomic E-state index is 13.5. The van der Waals surface area contributed by atoms with Crippen LogP contribution < -0.4 is 10.6 Å². The van der Waals surface area contributed by atoms with E-state index in [1.165, 1.54) is 12.1 Å². The van der Waals surface area contributed by atoms with Crippen molar-refractivity contribution in [3.63, 3.8) is 0 Å². The van der Waals surface area contributed by atoms with Gasteiger partial charge in [0.15, 0.2) is 0 Å². The zero-order chi connectivity index (χ0) is 12.5. The van der Waals surface area contributed by atoms with Gasteiger partial charge in [0, 0.05) is 38.4 Å². The van der Waals surface area contributed by atoms with Gasteiger partial charge in [0.25, 0.3) is 0 Å². The predicted octanol–water partition coefficient (Wildman–Crippen LogP) is 0.725. The van der Waals surface area contributed by atoms with Gasteiger partial charge in [-0.05, 0) is 23.3 Å². The summed E-state index contributed by atoms with van der Waals surface area (Å²) in [4.78, 5) is 13.7. The standard InChI is InChI=1S/C13H16FN3O/c14-11-5-9-7-12(18)16-13(9)10(6-11)8-17-3-1-15-2-4-17/h5-6,15H,1-4,7-8H2,(H,16,18). The Bertz CT molecular complexity index is 483. The molecule has 0 saturated carbocycles. The molecule has 0 atom stereocenters. The van der Waals surface area contributed by atoms with Crippen LogP contribution in [0.15, 0.2) is 12.1 Å². The third-order valence-electron chi connectivity index (χ3n) is 3.49. The van der Waals surface area contributed by atoms with Crippen molar-refractivity contribution in [2.24, 2.45) is 0 Å². The van der Waals surface area contributed by atoms with E-state index in [1.807, 2.05) is 0 Å². The van der Waals surface area contributed by atoms with Gasteiger partial charge < -0.3 is 10.6 Å². The van der Waals surface area contributed by atoms with Crippen LogP contribution in [0.25, 0.3) is 0 Å². The van der Waals surface area contributed by atoms with Crippen molar-refractivity contribution in [3.05, 3.63) is 29.1 Å². The highest BCUT2D eigenvalue weighted by Crippen LogP contribution is 2.29. The molecule has 0 spiro atoms. The number of rotatable bonds is 2. The fourth-order valence-corrected chi connectivity index (χ4v) is 2.62. The van der Waals surface area contributed by atoms with Crippen LogP contribution in [-0.4, -0.2) is 37.0 Å². The molecule has 1 aromatic rings. The molecular weight excluding hydrogens is 233 g/mol. The minimum atomic E-state index is -0.254. The molecule has 5 heteroatoms.